The molecule has 0 saturated carbocycles. The number of benzene rings is 1. The summed E-state index contributed by atoms with van der Waals surface area (Å²) in [6.45, 7) is 1.64. The Morgan fingerprint density at radius 1 is 1.12 bits per heavy atom. The van der Waals surface area contributed by atoms with Gasteiger partial charge in [0.05, 0.1) is 12.2 Å². The smallest absolute Gasteiger partial charge is 0.241 e. The molecule has 1 amide bonds. The third-order valence-corrected chi connectivity index (χ3v) is 3.13. The van der Waals surface area contributed by atoms with Crippen molar-refractivity contribution in [3.8, 4) is 0 Å². The fraction of sp³-hybridized carbons (Fsp3) is 0.308. The van der Waals surface area contributed by atoms with Crippen molar-refractivity contribution in [3.05, 3.63) is 35.9 Å². The van der Waals surface area contributed by atoms with E-state index in [2.05, 4.69) is 29.3 Å². The molecular formula is C13H14N2O. The molecule has 1 aromatic rings. The zero-order valence-electron chi connectivity index (χ0n) is 9.10. The quantitative estimate of drug-likeness (QED) is 0.714. The van der Waals surface area contributed by atoms with Gasteiger partial charge in [-0.15, -0.1) is 0 Å². The first-order valence-electron chi connectivity index (χ1n) is 5.69. The number of anilines is 1. The lowest BCUT2D eigenvalue weighted by Crippen LogP contribution is -2.44. The number of hydrazine groups is 1. The molecule has 0 atom stereocenters. The second-order valence-electron chi connectivity index (χ2n) is 4.16. The Kier molecular flexibility index (Phi) is 2.17. The summed E-state index contributed by atoms with van der Waals surface area (Å²) >= 11 is 0. The van der Waals surface area contributed by atoms with E-state index in [9.17, 15) is 4.79 Å². The number of rotatable bonds is 1. The molecule has 1 fully saturated rings. The first-order valence-corrected chi connectivity index (χ1v) is 5.69. The highest BCUT2D eigenvalue weighted by molar-refractivity contribution is 5.82. The van der Waals surface area contributed by atoms with Crippen LogP contribution in [-0.2, 0) is 4.79 Å². The average Bonchev–Trinajstić information content (AvgIpc) is 2.75. The second-order valence-corrected chi connectivity index (χ2v) is 4.16. The minimum atomic E-state index is 0.241. The Morgan fingerprint density at radius 3 is 2.81 bits per heavy atom. The average molecular weight is 214 g/mol. The van der Waals surface area contributed by atoms with Crippen LogP contribution in [0.25, 0.3) is 6.08 Å². The number of amides is 1. The van der Waals surface area contributed by atoms with Crippen LogP contribution < -0.4 is 5.01 Å². The molecule has 16 heavy (non-hydrogen) atoms. The molecule has 0 bridgehead atoms. The van der Waals surface area contributed by atoms with Gasteiger partial charge in [0.1, 0.15) is 0 Å². The van der Waals surface area contributed by atoms with E-state index in [0.717, 1.165) is 25.2 Å². The molecule has 2 aliphatic rings. The molecular weight excluding hydrogens is 200 g/mol. The van der Waals surface area contributed by atoms with Crippen LogP contribution in [0.5, 0.6) is 0 Å². The summed E-state index contributed by atoms with van der Waals surface area (Å²) in [6, 6.07) is 8.20. The number of nitrogens with zero attached hydrogens (tertiary/aromatic N) is 2. The normalized spacial score (nSPS) is 19.1. The monoisotopic (exact) mass is 214 g/mol. The lowest BCUT2D eigenvalue weighted by atomic mass is 10.1. The Morgan fingerprint density at radius 2 is 2.00 bits per heavy atom. The number of carbonyl (C=O) groups excluding carboxylic acids is 1. The number of hydrogen-bond acceptors (Lipinski definition) is 2. The number of para-hydroxylation sites is 1. The molecule has 2 aliphatic heterocycles. The molecule has 0 aromatic heterocycles. The maximum absolute atomic E-state index is 11.7. The molecule has 1 aromatic carbocycles. The largest absolute Gasteiger partial charge is 0.279 e. The van der Waals surface area contributed by atoms with E-state index < -0.39 is 0 Å². The zero-order chi connectivity index (χ0) is 11.0. The Labute approximate surface area is 94.9 Å². The highest BCUT2D eigenvalue weighted by Crippen LogP contribution is 2.28. The summed E-state index contributed by atoms with van der Waals surface area (Å²) in [5.41, 5.74) is 2.33. The molecule has 0 aliphatic carbocycles. The van der Waals surface area contributed by atoms with Crippen molar-refractivity contribution < 1.29 is 4.79 Å². The van der Waals surface area contributed by atoms with Gasteiger partial charge >= 0.3 is 0 Å². The SMILES string of the molecule is O=C1CCCN1N1CC=Cc2ccccc21. The molecule has 82 valence electrons. The standard InChI is InChI=1S/C13H14N2O/c16-13-8-4-10-15(13)14-9-3-6-11-5-1-2-7-12(11)14/h1-3,5-7H,4,8-10H2. The van der Waals surface area contributed by atoms with Crippen LogP contribution in [0.2, 0.25) is 0 Å². The first kappa shape index (κ1) is 9.46. The van der Waals surface area contributed by atoms with Crippen molar-refractivity contribution in [2.45, 2.75) is 12.8 Å². The molecule has 0 radical (unpaired) electrons. The van der Waals surface area contributed by atoms with Gasteiger partial charge in [-0.3, -0.25) is 14.8 Å². The van der Waals surface area contributed by atoms with E-state index in [1.54, 1.807) is 0 Å². The molecule has 1 saturated heterocycles. The van der Waals surface area contributed by atoms with Crippen LogP contribution in [0.3, 0.4) is 0 Å². The van der Waals surface area contributed by atoms with Gasteiger partial charge in [-0.25, -0.2) is 0 Å². The molecule has 3 heteroatoms. The summed E-state index contributed by atoms with van der Waals surface area (Å²) in [7, 11) is 0. The van der Waals surface area contributed by atoms with E-state index in [0.29, 0.717) is 6.42 Å². The van der Waals surface area contributed by atoms with Crippen molar-refractivity contribution in [3.63, 3.8) is 0 Å². The van der Waals surface area contributed by atoms with Crippen molar-refractivity contribution in [1.82, 2.24) is 5.01 Å². The third-order valence-electron chi connectivity index (χ3n) is 3.13. The number of fused-ring (bicyclic) bond motifs is 1. The van der Waals surface area contributed by atoms with E-state index in [4.69, 9.17) is 0 Å². The van der Waals surface area contributed by atoms with Crippen molar-refractivity contribution >= 4 is 17.7 Å². The lowest BCUT2D eigenvalue weighted by molar-refractivity contribution is -0.128. The van der Waals surface area contributed by atoms with Crippen LogP contribution in [-0.4, -0.2) is 24.0 Å². The van der Waals surface area contributed by atoms with E-state index in [1.807, 2.05) is 17.1 Å². The van der Waals surface area contributed by atoms with Gasteiger partial charge in [-0.05, 0) is 18.1 Å². The van der Waals surface area contributed by atoms with Crippen LogP contribution in [0, 0.1) is 0 Å². The van der Waals surface area contributed by atoms with Gasteiger partial charge in [-0.1, -0.05) is 30.4 Å². The van der Waals surface area contributed by atoms with Gasteiger partial charge in [0.25, 0.3) is 0 Å². The Balaban J connectivity index is 1.98. The van der Waals surface area contributed by atoms with Gasteiger partial charge < -0.3 is 0 Å². The molecule has 3 rings (SSSR count). The summed E-state index contributed by atoms with van der Waals surface area (Å²) in [5.74, 6) is 0.241. The Hall–Kier alpha value is -1.77. The minimum absolute atomic E-state index is 0.241. The van der Waals surface area contributed by atoms with Gasteiger partial charge in [-0.2, -0.15) is 0 Å². The van der Waals surface area contributed by atoms with Crippen molar-refractivity contribution in [2.75, 3.05) is 18.1 Å². The topological polar surface area (TPSA) is 23.6 Å². The third kappa shape index (κ3) is 1.40. The van der Waals surface area contributed by atoms with Gasteiger partial charge in [0.2, 0.25) is 5.91 Å². The summed E-state index contributed by atoms with van der Waals surface area (Å²) in [5, 5.41) is 3.97. The highest BCUT2D eigenvalue weighted by atomic mass is 16.2. The highest BCUT2D eigenvalue weighted by Gasteiger charge is 2.27. The molecule has 3 nitrogen and oxygen atoms in total. The zero-order valence-corrected chi connectivity index (χ0v) is 9.10. The summed E-state index contributed by atoms with van der Waals surface area (Å²) < 4.78 is 0. The lowest BCUT2D eigenvalue weighted by Gasteiger charge is -2.35. The predicted molar refractivity (Wildman–Crippen MR) is 63.8 cm³/mol. The maximum Gasteiger partial charge on any atom is 0.241 e. The Bertz CT molecular complexity index is 453. The number of hydrogen-bond donors (Lipinski definition) is 0. The van der Waals surface area contributed by atoms with Crippen LogP contribution in [0.15, 0.2) is 30.3 Å². The van der Waals surface area contributed by atoms with Gasteiger partial charge in [0, 0.05) is 13.0 Å². The molecule has 0 spiro atoms. The summed E-state index contributed by atoms with van der Waals surface area (Å²) in [4.78, 5) is 11.7. The fourth-order valence-electron chi connectivity index (χ4n) is 2.36. The van der Waals surface area contributed by atoms with E-state index in [-0.39, 0.29) is 5.91 Å². The fourth-order valence-corrected chi connectivity index (χ4v) is 2.36. The maximum atomic E-state index is 11.7. The van der Waals surface area contributed by atoms with E-state index in [1.165, 1.54) is 5.56 Å². The van der Waals surface area contributed by atoms with E-state index >= 15 is 0 Å². The van der Waals surface area contributed by atoms with Crippen LogP contribution >= 0.6 is 0 Å². The second kappa shape index (κ2) is 3.67. The van der Waals surface area contributed by atoms with Crippen LogP contribution in [0.1, 0.15) is 18.4 Å². The first-order chi connectivity index (χ1) is 7.86. The van der Waals surface area contributed by atoms with Gasteiger partial charge in [0.15, 0.2) is 0 Å². The molecule has 2 heterocycles. The molecule has 0 N–H and O–H groups in total. The van der Waals surface area contributed by atoms with Crippen molar-refractivity contribution in [2.24, 2.45) is 0 Å². The predicted octanol–water partition coefficient (Wildman–Crippen LogP) is 2.06. The minimum Gasteiger partial charge on any atom is -0.279 e. The van der Waals surface area contributed by atoms with Crippen LogP contribution in [0.4, 0.5) is 5.69 Å². The van der Waals surface area contributed by atoms with Crippen molar-refractivity contribution in [1.29, 1.82) is 0 Å². The molecule has 0 unspecified atom stereocenters. The number of carbonyl (C=O) groups is 1. The summed E-state index contributed by atoms with van der Waals surface area (Å²) in [6.07, 6.45) is 5.88.